The largest absolute Gasteiger partial charge is 0.493 e. The Labute approximate surface area is 199 Å². The minimum absolute atomic E-state index is 0.120. The summed E-state index contributed by atoms with van der Waals surface area (Å²) >= 11 is 0. The molecule has 4 rings (SSSR count). The molecule has 2 atom stereocenters. The molecule has 0 amide bonds. The van der Waals surface area contributed by atoms with E-state index in [0.29, 0.717) is 23.9 Å². The quantitative estimate of drug-likeness (QED) is 0.373. The first-order valence-corrected chi connectivity index (χ1v) is 11.2. The topological polar surface area (TPSA) is 94.3 Å². The number of aliphatic hydroxyl groups is 1. The molecular formula is C26H29N5O3. The maximum atomic E-state index is 10.6. The zero-order chi connectivity index (χ0) is 23.9. The summed E-state index contributed by atoms with van der Waals surface area (Å²) in [6.07, 6.45) is -0.592. The zero-order valence-corrected chi connectivity index (χ0v) is 19.5. The van der Waals surface area contributed by atoms with Crippen molar-refractivity contribution < 1.29 is 14.6 Å². The van der Waals surface area contributed by atoms with Gasteiger partial charge in [-0.2, -0.15) is 4.68 Å². The van der Waals surface area contributed by atoms with E-state index in [9.17, 15) is 5.11 Å². The van der Waals surface area contributed by atoms with Gasteiger partial charge in [0.25, 0.3) is 0 Å². The Hall–Kier alpha value is -3.75. The number of nitrogens with zero attached hydrogens (tertiary/aromatic N) is 4. The smallest absolute Gasteiger partial charge is 0.194 e. The van der Waals surface area contributed by atoms with Crippen LogP contribution in [0.5, 0.6) is 11.5 Å². The van der Waals surface area contributed by atoms with Crippen molar-refractivity contribution in [1.29, 1.82) is 0 Å². The molecule has 0 fully saturated rings. The number of aliphatic hydroxyl groups excluding tert-OH is 1. The van der Waals surface area contributed by atoms with Crippen LogP contribution in [0.25, 0.3) is 5.69 Å². The molecule has 0 unspecified atom stereocenters. The lowest BCUT2D eigenvalue weighted by Gasteiger charge is -2.21. The van der Waals surface area contributed by atoms with Gasteiger partial charge in [-0.1, -0.05) is 54.1 Å². The SMILES string of the molecule is COc1cc(CN[C@@H](C)[C@H](O)c2ccccc2)ccc1OCc1nnnn1-c1ccc(C)cc1. The molecule has 0 aliphatic rings. The van der Waals surface area contributed by atoms with Gasteiger partial charge in [0.2, 0.25) is 0 Å². The first kappa shape index (κ1) is 23.4. The summed E-state index contributed by atoms with van der Waals surface area (Å²) in [5.41, 5.74) is 3.94. The van der Waals surface area contributed by atoms with Crippen molar-refractivity contribution in [2.24, 2.45) is 0 Å². The molecule has 8 heteroatoms. The highest BCUT2D eigenvalue weighted by molar-refractivity contribution is 5.43. The maximum absolute atomic E-state index is 10.6. The molecule has 3 aromatic carbocycles. The van der Waals surface area contributed by atoms with Crippen LogP contribution in [0.15, 0.2) is 72.8 Å². The molecule has 0 radical (unpaired) electrons. The number of methoxy groups -OCH3 is 1. The average molecular weight is 460 g/mol. The highest BCUT2D eigenvalue weighted by Gasteiger charge is 2.16. The summed E-state index contributed by atoms with van der Waals surface area (Å²) in [6, 6.07) is 23.2. The summed E-state index contributed by atoms with van der Waals surface area (Å²) < 4.78 is 13.2. The number of hydrogen-bond donors (Lipinski definition) is 2. The van der Waals surface area contributed by atoms with Gasteiger partial charge in [0, 0.05) is 12.6 Å². The van der Waals surface area contributed by atoms with E-state index in [0.717, 1.165) is 22.4 Å². The van der Waals surface area contributed by atoms with Crippen molar-refractivity contribution in [2.75, 3.05) is 7.11 Å². The van der Waals surface area contributed by atoms with Crippen LogP contribution >= 0.6 is 0 Å². The van der Waals surface area contributed by atoms with Gasteiger partial charge in [0.05, 0.1) is 18.9 Å². The fraction of sp³-hybridized carbons (Fsp3) is 0.269. The predicted molar refractivity (Wildman–Crippen MR) is 129 cm³/mol. The summed E-state index contributed by atoms with van der Waals surface area (Å²) in [5, 5.41) is 25.9. The minimum Gasteiger partial charge on any atom is -0.493 e. The molecule has 0 aliphatic heterocycles. The van der Waals surface area contributed by atoms with Gasteiger partial charge in [-0.25, -0.2) is 0 Å². The first-order chi connectivity index (χ1) is 16.5. The molecule has 0 bridgehead atoms. The molecule has 176 valence electrons. The Morgan fingerprint density at radius 3 is 2.50 bits per heavy atom. The third kappa shape index (κ3) is 5.59. The van der Waals surface area contributed by atoms with Crippen LogP contribution in [-0.2, 0) is 13.2 Å². The number of aryl methyl sites for hydroxylation is 1. The van der Waals surface area contributed by atoms with Crippen molar-refractivity contribution in [1.82, 2.24) is 25.5 Å². The van der Waals surface area contributed by atoms with Crippen LogP contribution < -0.4 is 14.8 Å². The lowest BCUT2D eigenvalue weighted by Crippen LogP contribution is -2.31. The number of ether oxygens (including phenoxy) is 2. The standard InChI is InChI=1S/C26H29N5O3/c1-18-9-12-22(13-10-18)31-25(28-29-30-31)17-34-23-14-11-20(15-24(23)33-3)16-27-19(2)26(32)21-7-5-4-6-8-21/h4-15,19,26-27,32H,16-17H2,1-3H3/t19-,26-/m0/s1. The lowest BCUT2D eigenvalue weighted by atomic mass is 10.0. The molecule has 1 heterocycles. The van der Waals surface area contributed by atoms with E-state index in [2.05, 4.69) is 20.8 Å². The molecule has 2 N–H and O–H groups in total. The minimum atomic E-state index is -0.592. The summed E-state index contributed by atoms with van der Waals surface area (Å²) in [5.74, 6) is 1.80. The fourth-order valence-corrected chi connectivity index (χ4v) is 3.60. The summed E-state index contributed by atoms with van der Waals surface area (Å²) in [4.78, 5) is 0. The van der Waals surface area contributed by atoms with Crippen molar-refractivity contribution in [3.8, 4) is 17.2 Å². The van der Waals surface area contributed by atoms with Crippen LogP contribution in [-0.4, -0.2) is 38.5 Å². The fourth-order valence-electron chi connectivity index (χ4n) is 3.60. The molecule has 0 aliphatic carbocycles. The Balaban J connectivity index is 1.38. The predicted octanol–water partition coefficient (Wildman–Crippen LogP) is 3.77. The molecule has 1 aromatic heterocycles. The number of tetrazole rings is 1. The van der Waals surface area contributed by atoms with Crippen LogP contribution in [0.3, 0.4) is 0 Å². The third-order valence-electron chi connectivity index (χ3n) is 5.64. The normalized spacial score (nSPS) is 12.8. The molecule has 4 aromatic rings. The van der Waals surface area contributed by atoms with Gasteiger partial charge in [0.15, 0.2) is 23.9 Å². The third-order valence-corrected chi connectivity index (χ3v) is 5.64. The van der Waals surface area contributed by atoms with Crippen LogP contribution in [0.2, 0.25) is 0 Å². The number of aromatic nitrogens is 4. The van der Waals surface area contributed by atoms with Gasteiger partial charge < -0.3 is 19.9 Å². The van der Waals surface area contributed by atoms with Crippen molar-refractivity contribution >= 4 is 0 Å². The number of hydrogen-bond acceptors (Lipinski definition) is 7. The van der Waals surface area contributed by atoms with E-state index in [4.69, 9.17) is 9.47 Å². The van der Waals surface area contributed by atoms with Gasteiger partial charge in [-0.05, 0) is 59.7 Å². The Kier molecular flexibility index (Phi) is 7.51. The van der Waals surface area contributed by atoms with Gasteiger partial charge in [0.1, 0.15) is 0 Å². The molecule has 0 saturated heterocycles. The van der Waals surface area contributed by atoms with E-state index in [1.165, 1.54) is 0 Å². The number of benzene rings is 3. The van der Waals surface area contributed by atoms with Crippen molar-refractivity contribution in [3.05, 3.63) is 95.3 Å². The van der Waals surface area contributed by atoms with E-state index in [1.807, 2.05) is 86.6 Å². The van der Waals surface area contributed by atoms with Crippen LogP contribution in [0, 0.1) is 6.92 Å². The Morgan fingerprint density at radius 1 is 1.00 bits per heavy atom. The average Bonchev–Trinajstić information content (AvgIpc) is 3.35. The highest BCUT2D eigenvalue weighted by Crippen LogP contribution is 2.29. The van der Waals surface area contributed by atoms with Gasteiger partial charge >= 0.3 is 0 Å². The monoisotopic (exact) mass is 459 g/mol. The first-order valence-electron chi connectivity index (χ1n) is 11.2. The zero-order valence-electron chi connectivity index (χ0n) is 19.5. The Bertz CT molecular complexity index is 1190. The molecule has 0 saturated carbocycles. The van der Waals surface area contributed by atoms with Gasteiger partial charge in [-0.3, -0.25) is 0 Å². The molecule has 34 heavy (non-hydrogen) atoms. The molecule has 0 spiro atoms. The highest BCUT2D eigenvalue weighted by atomic mass is 16.5. The van der Waals surface area contributed by atoms with E-state index < -0.39 is 6.10 Å². The van der Waals surface area contributed by atoms with E-state index >= 15 is 0 Å². The Morgan fingerprint density at radius 2 is 1.76 bits per heavy atom. The van der Waals surface area contributed by atoms with Crippen LogP contribution in [0.4, 0.5) is 0 Å². The number of nitrogens with one attached hydrogen (secondary N) is 1. The molecular weight excluding hydrogens is 430 g/mol. The van der Waals surface area contributed by atoms with Gasteiger partial charge in [-0.15, -0.1) is 5.10 Å². The summed E-state index contributed by atoms with van der Waals surface area (Å²) in [6.45, 7) is 4.76. The van der Waals surface area contributed by atoms with E-state index in [-0.39, 0.29) is 12.6 Å². The van der Waals surface area contributed by atoms with Crippen molar-refractivity contribution in [2.45, 2.75) is 39.1 Å². The van der Waals surface area contributed by atoms with E-state index in [1.54, 1.807) is 11.8 Å². The second-order valence-electron chi connectivity index (χ2n) is 8.14. The van der Waals surface area contributed by atoms with Crippen LogP contribution in [0.1, 0.15) is 35.5 Å². The molecule has 8 nitrogen and oxygen atoms in total. The second-order valence-corrected chi connectivity index (χ2v) is 8.14. The lowest BCUT2D eigenvalue weighted by molar-refractivity contribution is 0.135. The maximum Gasteiger partial charge on any atom is 0.194 e. The summed E-state index contributed by atoms with van der Waals surface area (Å²) in [7, 11) is 1.61. The number of rotatable bonds is 10. The second kappa shape index (κ2) is 10.9. The van der Waals surface area contributed by atoms with Crippen molar-refractivity contribution in [3.63, 3.8) is 0 Å².